The number of thiocarbonyl (C=S) groups is 1. The van der Waals surface area contributed by atoms with Gasteiger partial charge in [0, 0.05) is 22.8 Å². The Balaban J connectivity index is 2.88. The van der Waals surface area contributed by atoms with E-state index in [1.807, 2.05) is 18.2 Å². The van der Waals surface area contributed by atoms with Gasteiger partial charge in [0.2, 0.25) is 0 Å². The number of nitrogens with one attached hydrogen (secondary N) is 1. The molecular weight excluding hydrogens is 300 g/mol. The molecule has 1 rings (SSSR count). The van der Waals surface area contributed by atoms with Crippen molar-refractivity contribution in [1.82, 2.24) is 0 Å². The Morgan fingerprint density at radius 3 is 2.65 bits per heavy atom. The monoisotopic (exact) mass is 316 g/mol. The number of anilines is 1. The molecule has 3 nitrogen and oxygen atoms in total. The van der Waals surface area contributed by atoms with Crippen molar-refractivity contribution < 1.29 is 4.74 Å². The van der Waals surface area contributed by atoms with Gasteiger partial charge < -0.3 is 15.8 Å². The van der Waals surface area contributed by atoms with E-state index in [1.165, 1.54) is 0 Å². The zero-order valence-electron chi connectivity index (χ0n) is 10.2. The van der Waals surface area contributed by atoms with Crippen LogP contribution in [0.1, 0.15) is 19.4 Å². The fourth-order valence-corrected chi connectivity index (χ4v) is 2.48. The van der Waals surface area contributed by atoms with Gasteiger partial charge in [0.05, 0.1) is 12.1 Å². The van der Waals surface area contributed by atoms with Crippen LogP contribution in [0.25, 0.3) is 0 Å². The Morgan fingerprint density at radius 2 is 2.18 bits per heavy atom. The highest BCUT2D eigenvalue weighted by atomic mass is 79.9. The lowest BCUT2D eigenvalue weighted by Gasteiger charge is -2.26. The van der Waals surface area contributed by atoms with Gasteiger partial charge in [0.15, 0.2) is 0 Å². The summed E-state index contributed by atoms with van der Waals surface area (Å²) >= 11 is 8.41. The first-order valence-corrected chi connectivity index (χ1v) is 6.42. The molecule has 0 atom stereocenters. The molecule has 0 aliphatic heterocycles. The molecule has 0 unspecified atom stereocenters. The van der Waals surface area contributed by atoms with E-state index < -0.39 is 0 Å². The van der Waals surface area contributed by atoms with Gasteiger partial charge in [-0.3, -0.25) is 0 Å². The molecule has 0 aliphatic rings. The van der Waals surface area contributed by atoms with Crippen LogP contribution in [0.3, 0.4) is 0 Å². The van der Waals surface area contributed by atoms with Gasteiger partial charge >= 0.3 is 0 Å². The maximum absolute atomic E-state index is 5.60. The fraction of sp³-hybridized carbons (Fsp3) is 0.417. The maximum atomic E-state index is 5.60. The molecular formula is C12H17BrN2OS. The summed E-state index contributed by atoms with van der Waals surface area (Å²) in [7, 11) is 1.69. The largest absolute Gasteiger partial charge is 0.389 e. The summed E-state index contributed by atoms with van der Waals surface area (Å²) in [5, 5.41) is 3.39. The second kappa shape index (κ2) is 5.80. The second-order valence-electron chi connectivity index (χ2n) is 4.50. The molecule has 17 heavy (non-hydrogen) atoms. The number of benzene rings is 1. The van der Waals surface area contributed by atoms with Crippen LogP contribution < -0.4 is 11.1 Å². The van der Waals surface area contributed by atoms with Crippen LogP contribution >= 0.6 is 28.1 Å². The molecule has 0 amide bonds. The summed E-state index contributed by atoms with van der Waals surface area (Å²) < 4.78 is 6.05. The first-order valence-electron chi connectivity index (χ1n) is 5.22. The molecule has 0 fully saturated rings. The number of hydrogen-bond acceptors (Lipinski definition) is 3. The summed E-state index contributed by atoms with van der Waals surface area (Å²) in [6.45, 7) is 4.78. The molecule has 0 radical (unpaired) electrons. The standard InChI is InChI=1S/C12H17BrN2OS/c1-12(2,7-16-3)15-8-4-5-9(11(14)17)10(13)6-8/h4-6,15H,7H2,1-3H3,(H2,14,17). The van der Waals surface area contributed by atoms with Gasteiger partial charge in [-0.1, -0.05) is 12.2 Å². The Morgan fingerprint density at radius 1 is 1.53 bits per heavy atom. The molecule has 0 aliphatic carbocycles. The van der Waals surface area contributed by atoms with E-state index in [2.05, 4.69) is 35.1 Å². The maximum Gasteiger partial charge on any atom is 0.105 e. The van der Waals surface area contributed by atoms with E-state index in [0.29, 0.717) is 11.6 Å². The number of hydrogen-bond donors (Lipinski definition) is 2. The molecule has 1 aromatic rings. The van der Waals surface area contributed by atoms with Crippen molar-refractivity contribution >= 4 is 38.8 Å². The number of methoxy groups -OCH3 is 1. The first-order chi connectivity index (χ1) is 7.85. The van der Waals surface area contributed by atoms with Crippen molar-refractivity contribution in [2.75, 3.05) is 19.0 Å². The minimum atomic E-state index is -0.126. The lowest BCUT2D eigenvalue weighted by atomic mass is 10.1. The Hall–Kier alpha value is -0.650. The van der Waals surface area contributed by atoms with Crippen LogP contribution in [-0.2, 0) is 4.74 Å². The predicted molar refractivity (Wildman–Crippen MR) is 79.6 cm³/mol. The molecule has 0 bridgehead atoms. The van der Waals surface area contributed by atoms with E-state index in [0.717, 1.165) is 15.7 Å². The summed E-state index contributed by atoms with van der Waals surface area (Å²) in [4.78, 5) is 0.388. The van der Waals surface area contributed by atoms with Gasteiger partial charge in [0.1, 0.15) is 4.99 Å². The molecule has 0 aromatic heterocycles. The quantitative estimate of drug-likeness (QED) is 0.820. The molecule has 3 N–H and O–H groups in total. The minimum Gasteiger partial charge on any atom is -0.389 e. The Kier molecular flexibility index (Phi) is 4.91. The molecule has 0 saturated heterocycles. The smallest absolute Gasteiger partial charge is 0.105 e. The van der Waals surface area contributed by atoms with Crippen LogP contribution in [0.15, 0.2) is 22.7 Å². The number of nitrogens with two attached hydrogens (primary N) is 1. The lowest BCUT2D eigenvalue weighted by molar-refractivity contribution is 0.158. The fourth-order valence-electron chi connectivity index (χ4n) is 1.58. The van der Waals surface area contributed by atoms with Crippen molar-refractivity contribution in [2.24, 2.45) is 5.73 Å². The van der Waals surface area contributed by atoms with E-state index in [1.54, 1.807) is 7.11 Å². The Bertz CT molecular complexity index is 421. The van der Waals surface area contributed by atoms with Crippen molar-refractivity contribution in [3.8, 4) is 0 Å². The van der Waals surface area contributed by atoms with Crippen LogP contribution in [0.2, 0.25) is 0 Å². The van der Waals surface area contributed by atoms with Crippen molar-refractivity contribution in [1.29, 1.82) is 0 Å². The molecule has 0 saturated carbocycles. The molecule has 94 valence electrons. The Labute approximate surface area is 116 Å². The summed E-state index contributed by atoms with van der Waals surface area (Å²) in [6, 6.07) is 5.82. The van der Waals surface area contributed by atoms with Crippen molar-refractivity contribution in [2.45, 2.75) is 19.4 Å². The SMILES string of the molecule is COCC(C)(C)Nc1ccc(C(N)=S)c(Br)c1. The number of rotatable bonds is 5. The van der Waals surface area contributed by atoms with Crippen LogP contribution in [0.5, 0.6) is 0 Å². The average molecular weight is 317 g/mol. The average Bonchev–Trinajstić information content (AvgIpc) is 2.15. The van der Waals surface area contributed by atoms with E-state index in [4.69, 9.17) is 22.7 Å². The summed E-state index contributed by atoms with van der Waals surface area (Å²) in [5.74, 6) is 0. The van der Waals surface area contributed by atoms with Gasteiger partial charge in [-0.25, -0.2) is 0 Å². The zero-order valence-corrected chi connectivity index (χ0v) is 12.6. The highest BCUT2D eigenvalue weighted by Crippen LogP contribution is 2.23. The third-order valence-corrected chi connectivity index (χ3v) is 3.10. The highest BCUT2D eigenvalue weighted by Gasteiger charge is 2.17. The summed E-state index contributed by atoms with van der Waals surface area (Å²) in [5.41, 5.74) is 7.32. The van der Waals surface area contributed by atoms with Gasteiger partial charge in [-0.2, -0.15) is 0 Å². The van der Waals surface area contributed by atoms with Gasteiger partial charge in [-0.05, 0) is 48.0 Å². The third-order valence-electron chi connectivity index (χ3n) is 2.22. The molecule has 5 heteroatoms. The third kappa shape index (κ3) is 4.26. The highest BCUT2D eigenvalue weighted by molar-refractivity contribution is 9.10. The molecule has 1 aromatic carbocycles. The van der Waals surface area contributed by atoms with E-state index in [-0.39, 0.29) is 5.54 Å². The lowest BCUT2D eigenvalue weighted by Crippen LogP contribution is -2.35. The minimum absolute atomic E-state index is 0.126. The number of halogens is 1. The zero-order chi connectivity index (χ0) is 13.1. The van der Waals surface area contributed by atoms with Crippen LogP contribution in [0.4, 0.5) is 5.69 Å². The number of ether oxygens (including phenoxy) is 1. The van der Waals surface area contributed by atoms with E-state index >= 15 is 0 Å². The second-order valence-corrected chi connectivity index (χ2v) is 5.79. The van der Waals surface area contributed by atoms with Crippen molar-refractivity contribution in [3.63, 3.8) is 0 Å². The molecule has 0 heterocycles. The summed E-state index contributed by atoms with van der Waals surface area (Å²) in [6.07, 6.45) is 0. The van der Waals surface area contributed by atoms with Gasteiger partial charge in [-0.15, -0.1) is 0 Å². The predicted octanol–water partition coefficient (Wildman–Crippen LogP) is 2.92. The van der Waals surface area contributed by atoms with E-state index in [9.17, 15) is 0 Å². The topological polar surface area (TPSA) is 47.3 Å². The molecule has 0 spiro atoms. The van der Waals surface area contributed by atoms with Crippen LogP contribution in [-0.4, -0.2) is 24.2 Å². The first kappa shape index (κ1) is 14.4. The van der Waals surface area contributed by atoms with Crippen LogP contribution in [0, 0.1) is 0 Å². The van der Waals surface area contributed by atoms with Crippen molar-refractivity contribution in [3.05, 3.63) is 28.2 Å². The van der Waals surface area contributed by atoms with Gasteiger partial charge in [0.25, 0.3) is 0 Å². The normalized spacial score (nSPS) is 11.3.